The zero-order valence-electron chi connectivity index (χ0n) is 11.3. The Morgan fingerprint density at radius 2 is 1.65 bits per heavy atom. The molecule has 0 saturated heterocycles. The lowest BCUT2D eigenvalue weighted by atomic mass is 10.1. The van der Waals surface area contributed by atoms with Gasteiger partial charge < -0.3 is 5.73 Å². The minimum Gasteiger partial charge on any atom is -0.398 e. The molecule has 2 aromatic rings. The van der Waals surface area contributed by atoms with Crippen LogP contribution in [-0.4, -0.2) is 8.42 Å². The molecule has 20 heavy (non-hydrogen) atoms. The van der Waals surface area contributed by atoms with Gasteiger partial charge in [-0.05, 0) is 24.1 Å². The van der Waals surface area contributed by atoms with Gasteiger partial charge >= 0.3 is 0 Å². The maximum atomic E-state index is 12.4. The largest absolute Gasteiger partial charge is 0.398 e. The van der Waals surface area contributed by atoms with E-state index >= 15 is 0 Å². The van der Waals surface area contributed by atoms with Crippen molar-refractivity contribution in [2.24, 2.45) is 0 Å². The van der Waals surface area contributed by atoms with Crippen LogP contribution in [0.4, 0.5) is 5.69 Å². The van der Waals surface area contributed by atoms with Crippen LogP contribution in [0.3, 0.4) is 0 Å². The van der Waals surface area contributed by atoms with Gasteiger partial charge in [-0.1, -0.05) is 49.4 Å². The molecule has 0 aliphatic heterocycles. The zero-order valence-corrected chi connectivity index (χ0v) is 12.1. The number of sulfonamides is 1. The molecular formula is C15H18N2O2S. The van der Waals surface area contributed by atoms with Crippen LogP contribution >= 0.6 is 0 Å². The quantitative estimate of drug-likeness (QED) is 0.832. The second-order valence-corrected chi connectivity index (χ2v) is 6.21. The Labute approximate surface area is 119 Å². The van der Waals surface area contributed by atoms with Crippen LogP contribution in [0, 0.1) is 0 Å². The van der Waals surface area contributed by atoms with Gasteiger partial charge in [0.25, 0.3) is 0 Å². The molecule has 0 saturated carbocycles. The van der Waals surface area contributed by atoms with Crippen molar-refractivity contribution < 1.29 is 8.42 Å². The monoisotopic (exact) mass is 290 g/mol. The maximum Gasteiger partial charge on any atom is 0.243 e. The number of nitrogens with two attached hydrogens (primary N) is 1. The summed E-state index contributed by atoms with van der Waals surface area (Å²) in [5, 5.41) is 0. The molecule has 1 unspecified atom stereocenters. The molecule has 0 bridgehead atoms. The van der Waals surface area contributed by atoms with Gasteiger partial charge in [0, 0.05) is 6.04 Å². The van der Waals surface area contributed by atoms with E-state index in [9.17, 15) is 8.42 Å². The fourth-order valence-corrected chi connectivity index (χ4v) is 3.49. The smallest absolute Gasteiger partial charge is 0.243 e. The van der Waals surface area contributed by atoms with Gasteiger partial charge in [0.15, 0.2) is 0 Å². The SMILES string of the molecule is CCC(NS(=O)(=O)c1ccccc1N)c1ccccc1. The van der Waals surface area contributed by atoms with Crippen LogP contribution in [-0.2, 0) is 10.0 Å². The lowest BCUT2D eigenvalue weighted by Crippen LogP contribution is -2.28. The van der Waals surface area contributed by atoms with Gasteiger partial charge in [-0.15, -0.1) is 0 Å². The van der Waals surface area contributed by atoms with Crippen molar-refractivity contribution in [2.45, 2.75) is 24.3 Å². The number of anilines is 1. The minimum absolute atomic E-state index is 0.120. The molecule has 0 radical (unpaired) electrons. The summed E-state index contributed by atoms with van der Waals surface area (Å²) in [7, 11) is -3.63. The summed E-state index contributed by atoms with van der Waals surface area (Å²) < 4.78 is 27.5. The first-order valence-corrected chi connectivity index (χ1v) is 7.94. The Hall–Kier alpha value is -1.85. The third-order valence-electron chi connectivity index (χ3n) is 3.12. The van der Waals surface area contributed by atoms with Crippen molar-refractivity contribution >= 4 is 15.7 Å². The molecule has 2 rings (SSSR count). The van der Waals surface area contributed by atoms with Crippen LogP contribution in [0.5, 0.6) is 0 Å². The van der Waals surface area contributed by atoms with Crippen LogP contribution in [0.15, 0.2) is 59.5 Å². The molecule has 2 aromatic carbocycles. The lowest BCUT2D eigenvalue weighted by molar-refractivity contribution is 0.550. The molecule has 0 fully saturated rings. The second-order valence-electron chi connectivity index (χ2n) is 4.53. The molecule has 0 spiro atoms. The van der Waals surface area contributed by atoms with Gasteiger partial charge in [-0.3, -0.25) is 0 Å². The molecule has 0 aliphatic rings. The fourth-order valence-electron chi connectivity index (χ4n) is 2.05. The summed E-state index contributed by atoms with van der Waals surface area (Å²) >= 11 is 0. The molecule has 4 nitrogen and oxygen atoms in total. The van der Waals surface area contributed by atoms with E-state index < -0.39 is 10.0 Å². The Morgan fingerprint density at radius 3 is 2.25 bits per heavy atom. The van der Waals surface area contributed by atoms with Gasteiger partial charge in [-0.2, -0.15) is 0 Å². The number of nitrogen functional groups attached to an aromatic ring is 1. The van der Waals surface area contributed by atoms with E-state index in [2.05, 4.69) is 4.72 Å². The van der Waals surface area contributed by atoms with Crippen molar-refractivity contribution in [3.63, 3.8) is 0 Å². The van der Waals surface area contributed by atoms with E-state index in [0.29, 0.717) is 6.42 Å². The molecule has 0 heterocycles. The topological polar surface area (TPSA) is 72.2 Å². The van der Waals surface area contributed by atoms with E-state index in [-0.39, 0.29) is 16.6 Å². The highest BCUT2D eigenvalue weighted by Crippen LogP contribution is 2.22. The average molecular weight is 290 g/mol. The first-order chi connectivity index (χ1) is 9.54. The predicted octanol–water partition coefficient (Wildman–Crippen LogP) is 2.70. The Kier molecular flexibility index (Phi) is 4.42. The minimum atomic E-state index is -3.63. The molecule has 0 aliphatic carbocycles. The van der Waals surface area contributed by atoms with Gasteiger partial charge in [0.2, 0.25) is 10.0 Å². The normalized spacial score (nSPS) is 13.1. The highest BCUT2D eigenvalue weighted by atomic mass is 32.2. The van der Waals surface area contributed by atoms with E-state index in [1.807, 2.05) is 37.3 Å². The van der Waals surface area contributed by atoms with Gasteiger partial charge in [0.1, 0.15) is 4.90 Å². The van der Waals surface area contributed by atoms with E-state index in [1.165, 1.54) is 6.07 Å². The first-order valence-electron chi connectivity index (χ1n) is 6.46. The first kappa shape index (κ1) is 14.6. The van der Waals surface area contributed by atoms with Crippen molar-refractivity contribution in [1.29, 1.82) is 0 Å². The zero-order chi connectivity index (χ0) is 14.6. The predicted molar refractivity (Wildman–Crippen MR) is 80.6 cm³/mol. The van der Waals surface area contributed by atoms with Crippen molar-refractivity contribution in [2.75, 3.05) is 5.73 Å². The van der Waals surface area contributed by atoms with Crippen LogP contribution in [0.2, 0.25) is 0 Å². The number of hydrogen-bond donors (Lipinski definition) is 2. The van der Waals surface area contributed by atoms with Crippen molar-refractivity contribution in [3.05, 3.63) is 60.2 Å². The van der Waals surface area contributed by atoms with E-state index in [1.54, 1.807) is 18.2 Å². The highest BCUT2D eigenvalue weighted by molar-refractivity contribution is 7.89. The summed E-state index contributed by atoms with van der Waals surface area (Å²) in [6.45, 7) is 1.94. The number of benzene rings is 2. The third-order valence-corrected chi connectivity index (χ3v) is 4.66. The maximum absolute atomic E-state index is 12.4. The number of para-hydroxylation sites is 1. The van der Waals surface area contributed by atoms with Crippen LogP contribution in [0.1, 0.15) is 24.9 Å². The standard InChI is InChI=1S/C15H18N2O2S/c1-2-14(12-8-4-3-5-9-12)17-20(18,19)15-11-7-6-10-13(15)16/h3-11,14,17H,2,16H2,1H3. The summed E-state index contributed by atoms with van der Waals surface area (Å²) in [4.78, 5) is 0.120. The number of nitrogens with one attached hydrogen (secondary N) is 1. The number of rotatable bonds is 5. The number of hydrogen-bond acceptors (Lipinski definition) is 3. The van der Waals surface area contributed by atoms with Crippen molar-refractivity contribution in [1.82, 2.24) is 4.72 Å². The molecule has 0 aromatic heterocycles. The highest BCUT2D eigenvalue weighted by Gasteiger charge is 2.21. The van der Waals surface area contributed by atoms with Gasteiger partial charge in [-0.25, -0.2) is 13.1 Å². The van der Waals surface area contributed by atoms with Crippen LogP contribution < -0.4 is 10.5 Å². The van der Waals surface area contributed by atoms with Crippen molar-refractivity contribution in [3.8, 4) is 0 Å². The lowest BCUT2D eigenvalue weighted by Gasteiger charge is -2.18. The van der Waals surface area contributed by atoms with E-state index in [4.69, 9.17) is 5.73 Å². The van der Waals surface area contributed by atoms with E-state index in [0.717, 1.165) is 5.56 Å². The molecule has 3 N–H and O–H groups in total. The molecule has 106 valence electrons. The molecular weight excluding hydrogens is 272 g/mol. The Balaban J connectivity index is 2.30. The summed E-state index contributed by atoms with van der Waals surface area (Å²) in [6.07, 6.45) is 0.663. The van der Waals surface area contributed by atoms with Gasteiger partial charge in [0.05, 0.1) is 5.69 Å². The average Bonchev–Trinajstić information content (AvgIpc) is 2.46. The summed E-state index contributed by atoms with van der Waals surface area (Å²) in [5.74, 6) is 0. The second kappa shape index (κ2) is 6.07. The van der Waals surface area contributed by atoms with Crippen LogP contribution in [0.25, 0.3) is 0 Å². The Morgan fingerprint density at radius 1 is 1.05 bits per heavy atom. The summed E-state index contributed by atoms with van der Waals surface area (Å²) in [6, 6.07) is 15.7. The summed E-state index contributed by atoms with van der Waals surface area (Å²) in [5.41, 5.74) is 6.93. The third kappa shape index (κ3) is 3.18. The molecule has 1 atom stereocenters. The fraction of sp³-hybridized carbons (Fsp3) is 0.200. The molecule has 5 heteroatoms. The Bertz CT molecular complexity index is 669. The molecule has 0 amide bonds.